The van der Waals surface area contributed by atoms with Gasteiger partial charge in [0.15, 0.2) is 0 Å². The summed E-state index contributed by atoms with van der Waals surface area (Å²) in [5.74, 6) is 1.37. The Kier molecular flexibility index (Phi) is 8.27. The van der Waals surface area contributed by atoms with Crippen molar-refractivity contribution in [3.8, 4) is 0 Å². The fraction of sp³-hybridized carbons (Fsp3) is 0.375. The van der Waals surface area contributed by atoms with Crippen molar-refractivity contribution in [2.75, 3.05) is 0 Å². The van der Waals surface area contributed by atoms with E-state index in [0.29, 0.717) is 11.8 Å². The van der Waals surface area contributed by atoms with Crippen LogP contribution in [0.2, 0.25) is 0 Å². The maximum atomic E-state index is 2.20. The Morgan fingerprint density at radius 2 is 0.824 bits per heavy atom. The van der Waals surface area contributed by atoms with Gasteiger partial charge >= 0.3 is 23.1 Å². The Bertz CT molecular complexity index is 314. The Morgan fingerprint density at radius 3 is 0.941 bits per heavy atom. The molecule has 88 valence electrons. The molecule has 2 rings (SSSR count). The first kappa shape index (κ1) is 16.5. The zero-order valence-corrected chi connectivity index (χ0v) is 12.9. The quantitative estimate of drug-likeness (QED) is 0.527. The fourth-order valence-electron chi connectivity index (χ4n) is 1.55. The van der Waals surface area contributed by atoms with Gasteiger partial charge in [0.25, 0.3) is 0 Å². The van der Waals surface area contributed by atoms with E-state index >= 15 is 0 Å². The van der Waals surface area contributed by atoms with Gasteiger partial charge in [-0.05, 0) is 0 Å². The van der Waals surface area contributed by atoms with Crippen LogP contribution in [0.4, 0.5) is 0 Å². The summed E-state index contributed by atoms with van der Waals surface area (Å²) < 4.78 is 0. The van der Waals surface area contributed by atoms with E-state index in [0.717, 1.165) is 0 Å². The predicted molar refractivity (Wildman–Crippen MR) is 78.0 cm³/mol. The summed E-state index contributed by atoms with van der Waals surface area (Å²) in [6.45, 7) is 8.81. The first-order valence-electron chi connectivity index (χ1n) is 6.04. The van der Waals surface area contributed by atoms with Crippen molar-refractivity contribution >= 4 is 23.1 Å². The molecule has 0 bridgehead atoms. The second-order valence-corrected chi connectivity index (χ2v) is 4.75. The van der Waals surface area contributed by atoms with Gasteiger partial charge in [-0.15, -0.1) is 0 Å². The molecular weight excluding hydrogens is 216 g/mol. The summed E-state index contributed by atoms with van der Waals surface area (Å²) in [6, 6.07) is 16.9. The monoisotopic (exact) mass is 238 g/mol. The van der Waals surface area contributed by atoms with Gasteiger partial charge in [0, 0.05) is 0 Å². The Labute approximate surface area is 122 Å². The minimum Gasteiger partial charge on any atom is -0.213 e. The number of hydrogen-bond acceptors (Lipinski definition) is 0. The third kappa shape index (κ3) is 6.09. The summed E-state index contributed by atoms with van der Waals surface area (Å²) >= 11 is 0. The van der Waals surface area contributed by atoms with Crippen LogP contribution in [0, 0.1) is 0 Å². The van der Waals surface area contributed by atoms with Crippen molar-refractivity contribution in [1.29, 1.82) is 0 Å². The van der Waals surface area contributed by atoms with Crippen LogP contribution in [0.25, 0.3) is 0 Å². The van der Waals surface area contributed by atoms with Crippen molar-refractivity contribution in [3.63, 3.8) is 0 Å². The molecule has 0 saturated heterocycles. The smallest absolute Gasteiger partial charge is 0.213 e. The van der Waals surface area contributed by atoms with Gasteiger partial charge in [0.2, 0.25) is 0 Å². The Balaban J connectivity index is 0.000000284. The van der Waals surface area contributed by atoms with Crippen molar-refractivity contribution in [2.24, 2.45) is 0 Å². The fourth-order valence-corrected chi connectivity index (χ4v) is 1.55. The molecule has 0 aliphatic heterocycles. The van der Waals surface area contributed by atoms with Crippen LogP contribution < -0.4 is 0 Å². The van der Waals surface area contributed by atoms with E-state index in [9.17, 15) is 0 Å². The van der Waals surface area contributed by atoms with Gasteiger partial charge in [-0.25, -0.2) is 24.3 Å². The topological polar surface area (TPSA) is 0 Å². The van der Waals surface area contributed by atoms with Gasteiger partial charge in [0.1, 0.15) is 0 Å². The zero-order valence-electron chi connectivity index (χ0n) is 11.5. The third-order valence-electron chi connectivity index (χ3n) is 2.71. The first-order chi connectivity index (χ1) is 7.61. The van der Waals surface area contributed by atoms with Crippen molar-refractivity contribution in [3.05, 3.63) is 59.7 Å². The van der Waals surface area contributed by atoms with Crippen molar-refractivity contribution in [1.82, 2.24) is 0 Å². The van der Waals surface area contributed by atoms with E-state index in [1.807, 2.05) is 0 Å². The molecule has 1 heteroatoms. The molecule has 0 heterocycles. The first-order valence-corrected chi connectivity index (χ1v) is 6.04. The van der Waals surface area contributed by atoms with Gasteiger partial charge < -0.3 is 0 Å². The van der Waals surface area contributed by atoms with E-state index in [2.05, 4.69) is 76.2 Å². The molecule has 0 fully saturated rings. The van der Waals surface area contributed by atoms with E-state index < -0.39 is 0 Å². The van der Waals surface area contributed by atoms with Crippen LogP contribution in [-0.4, -0.2) is 23.1 Å². The Hall–Kier alpha value is -0.534. The molecule has 0 radical (unpaired) electrons. The van der Waals surface area contributed by atoms with Crippen molar-refractivity contribution in [2.45, 2.75) is 39.5 Å². The summed E-state index contributed by atoms with van der Waals surface area (Å²) in [5, 5.41) is 0. The van der Waals surface area contributed by atoms with Crippen LogP contribution in [0.1, 0.15) is 50.7 Å². The molecule has 0 spiro atoms. The third-order valence-corrected chi connectivity index (χ3v) is 2.71. The molecule has 0 aliphatic rings. The molecule has 2 aromatic rings. The summed E-state index contributed by atoms with van der Waals surface area (Å²) in [5.41, 5.74) is 2.87. The predicted octanol–water partition coefficient (Wildman–Crippen LogP) is 4.68. The van der Waals surface area contributed by atoms with Crippen LogP contribution in [0.5, 0.6) is 0 Å². The van der Waals surface area contributed by atoms with Crippen LogP contribution in [0.3, 0.4) is 0 Å². The second kappa shape index (κ2) is 8.54. The van der Waals surface area contributed by atoms with E-state index in [-0.39, 0.29) is 23.1 Å². The molecule has 2 aromatic carbocycles. The van der Waals surface area contributed by atoms with Crippen LogP contribution in [-0.2, 0) is 0 Å². The minimum absolute atomic E-state index is 0. The normalized spacial score (nSPS) is 9.76. The molecule has 0 nitrogen and oxygen atoms in total. The molecule has 0 aliphatic carbocycles. The minimum atomic E-state index is 0. The maximum absolute atomic E-state index is 2.20. The van der Waals surface area contributed by atoms with Crippen LogP contribution >= 0.6 is 0 Å². The number of hydrogen-bond donors (Lipinski definition) is 0. The van der Waals surface area contributed by atoms with Crippen molar-refractivity contribution < 1.29 is 0 Å². The van der Waals surface area contributed by atoms with Gasteiger partial charge in [-0.3, -0.25) is 0 Å². The molecule has 0 atom stereocenters. The summed E-state index contributed by atoms with van der Waals surface area (Å²) in [4.78, 5) is 0. The largest absolute Gasteiger partial charge is 2.00 e. The molecule has 0 unspecified atom stereocenters. The summed E-state index contributed by atoms with van der Waals surface area (Å²) in [6.07, 6.45) is 0. The average molecular weight is 239 g/mol. The molecule has 0 saturated carbocycles. The molecule has 0 N–H and O–H groups in total. The second-order valence-electron chi connectivity index (χ2n) is 4.75. The number of rotatable bonds is 2. The molecular formula is C16H22Mg. The SMILES string of the molecule is CC(C)[c-]1cccc1.CC(C)[c-]1cccc1.[Mg+2]. The van der Waals surface area contributed by atoms with Crippen LogP contribution in [0.15, 0.2) is 48.5 Å². The van der Waals surface area contributed by atoms with E-state index in [1.54, 1.807) is 0 Å². The molecule has 0 aromatic heterocycles. The average Bonchev–Trinajstić information content (AvgIpc) is 2.93. The Morgan fingerprint density at radius 1 is 0.588 bits per heavy atom. The standard InChI is InChI=1S/2C8H11.Mg/c2*1-7(2)8-5-3-4-6-8;/h2*3-7H,1-2H3;/q2*-1;+2. The maximum Gasteiger partial charge on any atom is 2.00 e. The zero-order chi connectivity index (χ0) is 12.0. The molecule has 17 heavy (non-hydrogen) atoms. The summed E-state index contributed by atoms with van der Waals surface area (Å²) in [7, 11) is 0. The van der Waals surface area contributed by atoms with Gasteiger partial charge in [-0.2, -0.15) is 35.4 Å². The van der Waals surface area contributed by atoms with Gasteiger partial charge in [-0.1, -0.05) is 39.5 Å². The van der Waals surface area contributed by atoms with E-state index in [4.69, 9.17) is 0 Å². The molecule has 0 amide bonds. The van der Waals surface area contributed by atoms with E-state index in [1.165, 1.54) is 11.1 Å². The van der Waals surface area contributed by atoms with Gasteiger partial charge in [0.05, 0.1) is 0 Å².